The molecule has 5 nitrogen and oxygen atoms in total. The van der Waals surface area contributed by atoms with Crippen LogP contribution in [0.5, 0.6) is 0 Å². The molecule has 5 heteroatoms. The number of hydrazone groups is 1. The van der Waals surface area contributed by atoms with Gasteiger partial charge >= 0.3 is 0 Å². The van der Waals surface area contributed by atoms with Crippen LogP contribution in [-0.2, 0) is 4.79 Å². The van der Waals surface area contributed by atoms with Gasteiger partial charge in [-0.3, -0.25) is 9.78 Å². The molecule has 0 unspecified atom stereocenters. The fourth-order valence-corrected chi connectivity index (χ4v) is 0.915. The van der Waals surface area contributed by atoms with Crippen molar-refractivity contribution in [3.63, 3.8) is 0 Å². The second-order valence-corrected chi connectivity index (χ2v) is 2.80. The predicted octanol–water partition coefficient (Wildman–Crippen LogP) is 0.835. The molecule has 0 bridgehead atoms. The maximum Gasteiger partial charge on any atom is 0.254 e. The molecule has 1 N–H and O–H groups in total. The minimum Gasteiger partial charge on any atom is -0.272 e. The molecular formula is C10H10N4O. The molecule has 1 rings (SSSR count). The van der Waals surface area contributed by atoms with Crippen molar-refractivity contribution in [2.24, 2.45) is 5.10 Å². The number of carbonyl (C=O) groups excluding carboxylic acids is 1. The first-order valence-corrected chi connectivity index (χ1v) is 4.34. The molecule has 1 amide bonds. The van der Waals surface area contributed by atoms with E-state index in [2.05, 4.69) is 15.5 Å². The van der Waals surface area contributed by atoms with Crippen molar-refractivity contribution in [2.45, 2.75) is 13.3 Å². The summed E-state index contributed by atoms with van der Waals surface area (Å²) in [6.07, 6.45) is 3.10. The van der Waals surface area contributed by atoms with Crippen molar-refractivity contribution in [1.29, 1.82) is 5.26 Å². The number of nitriles is 1. The van der Waals surface area contributed by atoms with Crippen LogP contribution in [0.3, 0.4) is 0 Å². The molecule has 0 atom stereocenters. The molecule has 0 fully saturated rings. The van der Waals surface area contributed by atoms with Gasteiger partial charge in [-0.1, -0.05) is 0 Å². The molecule has 0 aromatic carbocycles. The SMILES string of the molecule is C/C(=N/NC(=O)CC#N)c1ccncc1. The summed E-state index contributed by atoms with van der Waals surface area (Å²) in [6.45, 7) is 1.77. The number of carbonyl (C=O) groups is 1. The summed E-state index contributed by atoms with van der Waals surface area (Å²) in [6, 6.07) is 5.31. The highest BCUT2D eigenvalue weighted by molar-refractivity contribution is 5.99. The zero-order valence-electron chi connectivity index (χ0n) is 8.27. The number of nitrogens with zero attached hydrogens (tertiary/aromatic N) is 3. The minimum atomic E-state index is -0.411. The van der Waals surface area contributed by atoms with Gasteiger partial charge in [0.05, 0.1) is 11.8 Å². The Labute approximate surface area is 87.4 Å². The lowest BCUT2D eigenvalue weighted by Gasteiger charge is -1.99. The molecule has 0 spiro atoms. The number of aromatic nitrogens is 1. The highest BCUT2D eigenvalue weighted by Crippen LogP contribution is 1.97. The minimum absolute atomic E-state index is 0.187. The zero-order valence-corrected chi connectivity index (χ0v) is 8.27. The number of hydrogen-bond donors (Lipinski definition) is 1. The summed E-state index contributed by atoms with van der Waals surface area (Å²) < 4.78 is 0. The Morgan fingerprint density at radius 3 is 2.87 bits per heavy atom. The van der Waals surface area contributed by atoms with Gasteiger partial charge in [-0.15, -0.1) is 0 Å². The fourth-order valence-electron chi connectivity index (χ4n) is 0.915. The van der Waals surface area contributed by atoms with E-state index in [9.17, 15) is 4.79 Å². The van der Waals surface area contributed by atoms with Crippen LogP contribution in [0.1, 0.15) is 18.9 Å². The smallest absolute Gasteiger partial charge is 0.254 e. The largest absolute Gasteiger partial charge is 0.272 e. The van der Waals surface area contributed by atoms with E-state index in [0.717, 1.165) is 5.56 Å². The van der Waals surface area contributed by atoms with E-state index in [0.29, 0.717) is 5.71 Å². The molecule has 0 aliphatic heterocycles. The lowest BCUT2D eigenvalue weighted by molar-refractivity contribution is -0.120. The van der Waals surface area contributed by atoms with Gasteiger partial charge in [-0.05, 0) is 19.1 Å². The molecule has 0 saturated heterocycles. The summed E-state index contributed by atoms with van der Waals surface area (Å²) in [7, 11) is 0. The van der Waals surface area contributed by atoms with Crippen molar-refractivity contribution in [2.75, 3.05) is 0 Å². The normalized spacial score (nSPS) is 10.5. The van der Waals surface area contributed by atoms with Crippen LogP contribution in [0.4, 0.5) is 0 Å². The Morgan fingerprint density at radius 2 is 2.27 bits per heavy atom. The van der Waals surface area contributed by atoms with E-state index >= 15 is 0 Å². The van der Waals surface area contributed by atoms with Crippen molar-refractivity contribution in [1.82, 2.24) is 10.4 Å². The van der Waals surface area contributed by atoms with Gasteiger partial charge in [0, 0.05) is 18.0 Å². The van der Waals surface area contributed by atoms with Crippen LogP contribution in [0.2, 0.25) is 0 Å². The first-order valence-electron chi connectivity index (χ1n) is 4.34. The van der Waals surface area contributed by atoms with Gasteiger partial charge in [0.2, 0.25) is 0 Å². The summed E-state index contributed by atoms with van der Waals surface area (Å²) in [5.41, 5.74) is 3.84. The quantitative estimate of drug-likeness (QED) is 0.582. The van der Waals surface area contributed by atoms with Gasteiger partial charge in [0.1, 0.15) is 6.42 Å². The highest BCUT2D eigenvalue weighted by atomic mass is 16.2. The second-order valence-electron chi connectivity index (χ2n) is 2.80. The van der Waals surface area contributed by atoms with Gasteiger partial charge in [0.25, 0.3) is 5.91 Å². The van der Waals surface area contributed by atoms with E-state index in [1.54, 1.807) is 37.5 Å². The molecule has 0 aliphatic carbocycles. The van der Waals surface area contributed by atoms with Crippen LogP contribution in [0, 0.1) is 11.3 Å². The Hall–Kier alpha value is -2.22. The van der Waals surface area contributed by atoms with Gasteiger partial charge < -0.3 is 0 Å². The van der Waals surface area contributed by atoms with Gasteiger partial charge in [0.15, 0.2) is 0 Å². The molecule has 76 valence electrons. The molecule has 0 aliphatic rings. The Morgan fingerprint density at radius 1 is 1.60 bits per heavy atom. The highest BCUT2D eigenvalue weighted by Gasteiger charge is 1.99. The van der Waals surface area contributed by atoms with E-state index in [-0.39, 0.29) is 6.42 Å². The van der Waals surface area contributed by atoms with E-state index in [1.165, 1.54) is 0 Å². The maximum atomic E-state index is 10.9. The van der Waals surface area contributed by atoms with Crippen LogP contribution < -0.4 is 5.43 Å². The molecular weight excluding hydrogens is 192 g/mol. The third-order valence-electron chi connectivity index (χ3n) is 1.69. The Kier molecular flexibility index (Phi) is 3.98. The number of pyridine rings is 1. The zero-order chi connectivity index (χ0) is 11.1. The topological polar surface area (TPSA) is 78.1 Å². The van der Waals surface area contributed by atoms with Crippen LogP contribution in [-0.4, -0.2) is 16.6 Å². The molecule has 0 saturated carbocycles. The number of rotatable bonds is 3. The third-order valence-corrected chi connectivity index (χ3v) is 1.69. The summed E-state index contributed by atoms with van der Waals surface area (Å²) in [5, 5.41) is 12.1. The molecule has 1 aromatic heterocycles. The first kappa shape index (κ1) is 10.9. The van der Waals surface area contributed by atoms with Crippen molar-refractivity contribution in [3.05, 3.63) is 30.1 Å². The molecule has 1 heterocycles. The monoisotopic (exact) mass is 202 g/mol. The lowest BCUT2D eigenvalue weighted by atomic mass is 10.2. The Balaban J connectivity index is 2.62. The average molecular weight is 202 g/mol. The van der Waals surface area contributed by atoms with Crippen LogP contribution in [0.25, 0.3) is 0 Å². The number of nitrogens with one attached hydrogen (secondary N) is 1. The van der Waals surface area contributed by atoms with E-state index in [4.69, 9.17) is 5.26 Å². The lowest BCUT2D eigenvalue weighted by Crippen LogP contribution is -2.18. The van der Waals surface area contributed by atoms with Crippen molar-refractivity contribution in [3.8, 4) is 6.07 Å². The second kappa shape index (κ2) is 5.50. The predicted molar refractivity (Wildman–Crippen MR) is 54.8 cm³/mol. The van der Waals surface area contributed by atoms with E-state index in [1.807, 2.05) is 0 Å². The van der Waals surface area contributed by atoms with Crippen molar-refractivity contribution >= 4 is 11.6 Å². The van der Waals surface area contributed by atoms with Gasteiger partial charge in [-0.2, -0.15) is 10.4 Å². The maximum absolute atomic E-state index is 10.9. The van der Waals surface area contributed by atoms with Gasteiger partial charge in [-0.25, -0.2) is 5.43 Å². The molecule has 15 heavy (non-hydrogen) atoms. The number of hydrogen-bond acceptors (Lipinski definition) is 4. The fraction of sp³-hybridized carbons (Fsp3) is 0.200. The van der Waals surface area contributed by atoms with E-state index < -0.39 is 5.91 Å². The molecule has 0 radical (unpaired) electrons. The molecule has 1 aromatic rings. The first-order chi connectivity index (χ1) is 7.24. The van der Waals surface area contributed by atoms with Crippen LogP contribution >= 0.6 is 0 Å². The standard InChI is InChI=1S/C10H10N4O/c1-8(9-3-6-12-7-4-9)13-14-10(15)2-5-11/h3-4,6-7H,2H2,1H3,(H,14,15)/b13-8-. The van der Waals surface area contributed by atoms with Crippen LogP contribution in [0.15, 0.2) is 29.6 Å². The summed E-state index contributed by atoms with van der Waals surface area (Å²) >= 11 is 0. The summed E-state index contributed by atoms with van der Waals surface area (Å²) in [4.78, 5) is 14.8. The third kappa shape index (κ3) is 3.56. The Bertz CT molecular complexity index is 405. The average Bonchev–Trinajstić information content (AvgIpc) is 2.27. The summed E-state index contributed by atoms with van der Waals surface area (Å²) in [5.74, 6) is -0.411. The van der Waals surface area contributed by atoms with Crippen molar-refractivity contribution < 1.29 is 4.79 Å². The number of amides is 1.